The van der Waals surface area contributed by atoms with Gasteiger partial charge in [0.15, 0.2) is 0 Å². The molecule has 0 aliphatic heterocycles. The lowest BCUT2D eigenvalue weighted by Crippen LogP contribution is -2.21. The molecule has 0 atom stereocenters. The van der Waals surface area contributed by atoms with Crippen molar-refractivity contribution in [3.05, 3.63) is 117 Å². The Morgan fingerprint density at radius 3 is 1.44 bits per heavy atom. The first-order valence-corrected chi connectivity index (χ1v) is 17.5. The first kappa shape index (κ1) is 51.4. The van der Waals surface area contributed by atoms with Crippen LogP contribution >= 0.6 is 79.1 Å². The van der Waals surface area contributed by atoms with E-state index in [1.807, 2.05) is 0 Å². The van der Waals surface area contributed by atoms with Gasteiger partial charge in [0.05, 0.1) is 22.2 Å². The second-order valence-electron chi connectivity index (χ2n) is 9.35. The summed E-state index contributed by atoms with van der Waals surface area (Å²) in [5, 5.41) is 2.17. The molecule has 0 radical (unpaired) electrons. The zero-order valence-electron chi connectivity index (χ0n) is 27.7. The molecule has 1 amide bonds. The van der Waals surface area contributed by atoms with Crippen LogP contribution in [-0.2, 0) is 12.4 Å². The van der Waals surface area contributed by atoms with Crippen LogP contribution in [0.3, 0.4) is 0 Å². The second kappa shape index (κ2) is 27.0. The van der Waals surface area contributed by atoms with Gasteiger partial charge in [-0.2, -0.15) is 26.3 Å². The SMILES string of the molecule is CCN(CC)CC.Cl.ClCCl.Nc1cc(C(F)(F)F)ccc1Br.O=C(Cl)c1ccncc1.O=C(Nc1cc(C(F)(F)F)ccc1Br)c1ccncc1. The first-order valence-electron chi connectivity index (χ1n) is 14.5. The third-order valence-corrected chi connectivity index (χ3v) is 7.69. The molecule has 52 heavy (non-hydrogen) atoms. The largest absolute Gasteiger partial charge is 0.416 e. The fraction of sp³-hybridized carbons (Fsp3) is 0.273. The highest BCUT2D eigenvalue weighted by molar-refractivity contribution is 9.11. The van der Waals surface area contributed by atoms with Crippen LogP contribution in [0.4, 0.5) is 37.7 Å². The summed E-state index contributed by atoms with van der Waals surface area (Å²) >= 11 is 20.8. The average molecular weight is 949 g/mol. The Kier molecular flexibility index (Phi) is 26.7. The van der Waals surface area contributed by atoms with Gasteiger partial charge in [-0.15, -0.1) is 35.6 Å². The van der Waals surface area contributed by atoms with Crippen molar-refractivity contribution in [2.24, 2.45) is 0 Å². The number of nitrogens with two attached hydrogens (primary N) is 1. The van der Waals surface area contributed by atoms with E-state index in [0.29, 0.717) is 20.1 Å². The summed E-state index contributed by atoms with van der Waals surface area (Å²) in [6, 6.07) is 12.3. The van der Waals surface area contributed by atoms with Crippen LogP contribution in [0.2, 0.25) is 0 Å². The maximum Gasteiger partial charge on any atom is 0.416 e. The molecule has 7 nitrogen and oxygen atoms in total. The molecule has 0 aliphatic rings. The molecule has 2 aromatic carbocycles. The van der Waals surface area contributed by atoms with Crippen molar-refractivity contribution in [1.82, 2.24) is 14.9 Å². The van der Waals surface area contributed by atoms with E-state index in [1.54, 1.807) is 12.1 Å². The molecule has 4 rings (SSSR count). The minimum Gasteiger partial charge on any atom is -0.398 e. The predicted molar refractivity (Wildman–Crippen MR) is 207 cm³/mol. The highest BCUT2D eigenvalue weighted by Crippen LogP contribution is 2.34. The Balaban J connectivity index is 0. The van der Waals surface area contributed by atoms with Gasteiger partial charge in [0.2, 0.25) is 0 Å². The average Bonchev–Trinajstić information content (AvgIpc) is 3.09. The summed E-state index contributed by atoms with van der Waals surface area (Å²) in [5.74, 6) is -0.507. The number of anilines is 2. The van der Waals surface area contributed by atoms with Crippen LogP contribution in [0, 0.1) is 0 Å². The standard InChI is InChI=1S/C13H8BrF3N2O.C7H5BrF3N.C6H4ClNO.C6H15N.CH2Cl2.ClH/c14-10-2-1-9(13(15,16)17)7-11(10)19-12(20)8-3-5-18-6-4-8;8-5-2-1-4(3-6(5)12)7(9,10)11;7-6(9)5-1-3-8-4-2-5;1-4-7(5-2)6-3;2-1-3;/h1-7H,(H,19,20);1-3H,12H2;1-4H;4-6H2,1-3H3;1H2;1H. The van der Waals surface area contributed by atoms with E-state index in [9.17, 15) is 35.9 Å². The Morgan fingerprint density at radius 1 is 0.731 bits per heavy atom. The van der Waals surface area contributed by atoms with Gasteiger partial charge < -0.3 is 16.0 Å². The summed E-state index contributed by atoms with van der Waals surface area (Å²) in [7, 11) is 0. The lowest BCUT2D eigenvalue weighted by Gasteiger charge is -2.13. The van der Waals surface area contributed by atoms with Gasteiger partial charge >= 0.3 is 12.4 Å². The molecule has 0 aliphatic carbocycles. The van der Waals surface area contributed by atoms with Crippen molar-refractivity contribution in [1.29, 1.82) is 0 Å². The van der Waals surface area contributed by atoms with E-state index in [2.05, 4.69) is 72.8 Å². The number of carbonyl (C=O) groups is 2. The smallest absolute Gasteiger partial charge is 0.398 e. The Labute approximate surface area is 336 Å². The second-order valence-corrected chi connectivity index (χ2v) is 12.2. The Morgan fingerprint density at radius 2 is 1.12 bits per heavy atom. The number of nitrogens with one attached hydrogen (secondary N) is 1. The molecule has 0 bridgehead atoms. The maximum atomic E-state index is 12.6. The zero-order chi connectivity index (χ0) is 39.2. The van der Waals surface area contributed by atoms with Crippen LogP contribution in [0.1, 0.15) is 52.6 Å². The van der Waals surface area contributed by atoms with E-state index < -0.39 is 34.6 Å². The monoisotopic (exact) mass is 945 g/mol. The Hall–Kier alpha value is -2.66. The van der Waals surface area contributed by atoms with Crippen LogP contribution in [0.5, 0.6) is 0 Å². The zero-order valence-corrected chi connectivity index (χ0v) is 34.0. The third-order valence-electron chi connectivity index (χ3n) is 6.06. The van der Waals surface area contributed by atoms with Crippen LogP contribution in [0.25, 0.3) is 0 Å². The number of nitrogen functional groups attached to an aromatic ring is 1. The predicted octanol–water partition coefficient (Wildman–Crippen LogP) is 11.8. The number of hydrogen-bond acceptors (Lipinski definition) is 6. The molecule has 2 aromatic heterocycles. The van der Waals surface area contributed by atoms with Crippen molar-refractivity contribution < 1.29 is 35.9 Å². The number of halogens is 12. The number of nitrogens with zero attached hydrogens (tertiary/aromatic N) is 3. The maximum absolute atomic E-state index is 12.6. The van der Waals surface area contributed by atoms with Gasteiger partial charge in [-0.05, 0) is 124 Å². The van der Waals surface area contributed by atoms with Gasteiger partial charge in [0, 0.05) is 50.5 Å². The lowest BCUT2D eigenvalue weighted by atomic mass is 10.2. The summed E-state index contributed by atoms with van der Waals surface area (Å²) in [6.45, 7) is 10.1. The minimum atomic E-state index is -4.46. The number of hydrogen-bond donors (Lipinski definition) is 2. The van der Waals surface area contributed by atoms with Crippen molar-refractivity contribution in [2.45, 2.75) is 33.1 Å². The normalized spacial score (nSPS) is 10.3. The molecule has 0 unspecified atom stereocenters. The van der Waals surface area contributed by atoms with Crippen molar-refractivity contribution in [2.75, 3.05) is 36.0 Å². The topological polar surface area (TPSA) is 101 Å². The minimum absolute atomic E-state index is 0. The molecular formula is C33H35Br2Cl4F6N5O2. The molecule has 0 fully saturated rings. The first-order chi connectivity index (χ1) is 23.9. The molecule has 2 heterocycles. The number of carbonyl (C=O) groups excluding carboxylic acids is 2. The molecule has 0 saturated heterocycles. The third kappa shape index (κ3) is 21.1. The van der Waals surface area contributed by atoms with Crippen LogP contribution in [-0.4, -0.2) is 51.0 Å². The summed E-state index contributed by atoms with van der Waals surface area (Å²) in [4.78, 5) is 32.1. The number of amides is 1. The van der Waals surface area contributed by atoms with Crippen LogP contribution < -0.4 is 11.1 Å². The molecule has 19 heteroatoms. The van der Waals surface area contributed by atoms with E-state index in [0.717, 1.165) is 24.3 Å². The number of benzene rings is 2. The number of rotatable bonds is 6. The summed E-state index contributed by atoms with van der Waals surface area (Å²) < 4.78 is 74.8. The number of aromatic nitrogens is 2. The Bertz CT molecular complexity index is 1600. The number of alkyl halides is 8. The van der Waals surface area contributed by atoms with Crippen LogP contribution in [0.15, 0.2) is 94.4 Å². The quantitative estimate of drug-likeness (QED) is 0.0864. The fourth-order valence-electron chi connectivity index (χ4n) is 3.37. The van der Waals surface area contributed by atoms with E-state index in [4.69, 9.17) is 40.5 Å². The van der Waals surface area contributed by atoms with E-state index in [-0.39, 0.29) is 29.1 Å². The van der Waals surface area contributed by atoms with Gasteiger partial charge in [-0.25, -0.2) is 0 Å². The van der Waals surface area contributed by atoms with E-state index >= 15 is 0 Å². The highest BCUT2D eigenvalue weighted by atomic mass is 79.9. The highest BCUT2D eigenvalue weighted by Gasteiger charge is 2.31. The van der Waals surface area contributed by atoms with Gasteiger partial charge in [-0.3, -0.25) is 19.6 Å². The van der Waals surface area contributed by atoms with Gasteiger partial charge in [0.25, 0.3) is 11.1 Å². The molecule has 4 aromatic rings. The van der Waals surface area contributed by atoms with Crippen molar-refractivity contribution in [3.63, 3.8) is 0 Å². The molecule has 288 valence electrons. The van der Waals surface area contributed by atoms with Gasteiger partial charge in [0.1, 0.15) is 0 Å². The summed E-state index contributed by atoms with van der Waals surface area (Å²) in [5.41, 5.74) is 4.64. The van der Waals surface area contributed by atoms with Crippen molar-refractivity contribution >= 4 is 102 Å². The number of pyridine rings is 2. The molecule has 3 N–H and O–H groups in total. The fourth-order valence-corrected chi connectivity index (χ4v) is 4.09. The molecular weight excluding hydrogens is 914 g/mol. The molecule has 0 spiro atoms. The van der Waals surface area contributed by atoms with Gasteiger partial charge in [-0.1, -0.05) is 20.8 Å². The molecule has 0 saturated carbocycles. The summed E-state index contributed by atoms with van der Waals surface area (Å²) in [6.07, 6.45) is -2.89. The van der Waals surface area contributed by atoms with E-state index in [1.165, 1.54) is 68.7 Å². The lowest BCUT2D eigenvalue weighted by molar-refractivity contribution is -0.138. The van der Waals surface area contributed by atoms with Crippen molar-refractivity contribution in [3.8, 4) is 0 Å².